The molecule has 1 aliphatic rings. The summed E-state index contributed by atoms with van der Waals surface area (Å²) < 4.78 is 10.4. The highest BCUT2D eigenvalue weighted by atomic mass is 16.5. The zero-order chi connectivity index (χ0) is 11.8. The maximum Gasteiger partial charge on any atom is 0.0897 e. The Hall–Kier alpha value is -0.420. The van der Waals surface area contributed by atoms with E-state index in [9.17, 15) is 5.11 Å². The van der Waals surface area contributed by atoms with Crippen LogP contribution < -0.4 is 5.32 Å². The van der Waals surface area contributed by atoms with Gasteiger partial charge < -0.3 is 19.9 Å². The van der Waals surface area contributed by atoms with Crippen molar-refractivity contribution in [2.45, 2.75) is 38.0 Å². The van der Waals surface area contributed by atoms with Crippen LogP contribution in [0.5, 0.6) is 0 Å². The largest absolute Gasteiger partial charge is 0.389 e. The average Bonchev–Trinajstić information content (AvgIpc) is 2.77. The van der Waals surface area contributed by atoms with E-state index < -0.39 is 6.10 Å². The molecule has 0 aromatic carbocycles. The number of methoxy groups -OCH3 is 1. The highest BCUT2D eigenvalue weighted by Gasteiger charge is 2.12. The van der Waals surface area contributed by atoms with E-state index in [1.165, 1.54) is 0 Å². The van der Waals surface area contributed by atoms with Gasteiger partial charge >= 0.3 is 0 Å². The number of aliphatic hydroxyl groups is 1. The number of rotatable bonds is 8. The Morgan fingerprint density at radius 3 is 2.69 bits per heavy atom. The van der Waals surface area contributed by atoms with Crippen molar-refractivity contribution in [3.05, 3.63) is 12.2 Å². The van der Waals surface area contributed by atoms with E-state index >= 15 is 0 Å². The Morgan fingerprint density at radius 2 is 2.06 bits per heavy atom. The molecule has 4 nitrogen and oxygen atoms in total. The van der Waals surface area contributed by atoms with E-state index in [2.05, 4.69) is 17.5 Å². The van der Waals surface area contributed by atoms with E-state index in [0.717, 1.165) is 12.8 Å². The molecule has 2 N–H and O–H groups in total. The van der Waals surface area contributed by atoms with E-state index in [1.54, 1.807) is 7.11 Å². The molecule has 0 saturated carbocycles. The van der Waals surface area contributed by atoms with Gasteiger partial charge in [0.2, 0.25) is 0 Å². The summed E-state index contributed by atoms with van der Waals surface area (Å²) in [6, 6.07) is 0.492. The zero-order valence-corrected chi connectivity index (χ0v) is 10.2. The highest BCUT2D eigenvalue weighted by molar-refractivity contribution is 4.97. The molecule has 0 radical (unpaired) electrons. The first kappa shape index (κ1) is 13.6. The fraction of sp³-hybridized carbons (Fsp3) is 0.833. The molecule has 0 bridgehead atoms. The van der Waals surface area contributed by atoms with Crippen molar-refractivity contribution in [2.24, 2.45) is 0 Å². The van der Waals surface area contributed by atoms with Crippen LogP contribution in [-0.4, -0.2) is 50.2 Å². The highest BCUT2D eigenvalue weighted by Crippen LogP contribution is 2.08. The Balaban J connectivity index is 1.99. The van der Waals surface area contributed by atoms with Crippen LogP contribution in [0.1, 0.15) is 19.8 Å². The SMILES string of the molecule is COCC(C)OCC(O)CNC1CC=CC1. The van der Waals surface area contributed by atoms with Crippen LogP contribution >= 0.6 is 0 Å². The first-order chi connectivity index (χ1) is 7.72. The molecule has 2 unspecified atom stereocenters. The van der Waals surface area contributed by atoms with Crippen molar-refractivity contribution in [3.8, 4) is 0 Å². The molecule has 0 spiro atoms. The smallest absolute Gasteiger partial charge is 0.0897 e. The van der Waals surface area contributed by atoms with Crippen LogP contribution in [0.25, 0.3) is 0 Å². The Kier molecular flexibility index (Phi) is 6.64. The van der Waals surface area contributed by atoms with Gasteiger partial charge in [0.05, 0.1) is 25.4 Å². The van der Waals surface area contributed by atoms with Crippen LogP contribution in [0.3, 0.4) is 0 Å². The van der Waals surface area contributed by atoms with Gasteiger partial charge in [0.25, 0.3) is 0 Å². The second-order valence-corrected chi connectivity index (χ2v) is 4.30. The maximum absolute atomic E-state index is 9.68. The topological polar surface area (TPSA) is 50.7 Å². The van der Waals surface area contributed by atoms with Gasteiger partial charge in [-0.1, -0.05) is 12.2 Å². The molecule has 0 fully saturated rings. The minimum absolute atomic E-state index is 0.0350. The Morgan fingerprint density at radius 1 is 1.38 bits per heavy atom. The molecule has 0 aliphatic heterocycles. The summed E-state index contributed by atoms with van der Waals surface area (Å²) in [5.74, 6) is 0. The zero-order valence-electron chi connectivity index (χ0n) is 10.2. The lowest BCUT2D eigenvalue weighted by Gasteiger charge is -2.18. The summed E-state index contributed by atoms with van der Waals surface area (Å²) in [4.78, 5) is 0. The minimum atomic E-state index is -0.445. The van der Waals surface area contributed by atoms with Crippen LogP contribution in [0.4, 0.5) is 0 Å². The van der Waals surface area contributed by atoms with Gasteiger partial charge in [0.1, 0.15) is 0 Å². The van der Waals surface area contributed by atoms with Crippen molar-refractivity contribution < 1.29 is 14.6 Å². The monoisotopic (exact) mass is 229 g/mol. The van der Waals surface area contributed by atoms with Crippen molar-refractivity contribution in [2.75, 3.05) is 26.9 Å². The van der Waals surface area contributed by atoms with Gasteiger partial charge in [-0.05, 0) is 19.8 Å². The molecule has 1 rings (SSSR count). The molecule has 0 aromatic rings. The van der Waals surface area contributed by atoms with E-state index in [0.29, 0.717) is 25.8 Å². The summed E-state index contributed by atoms with van der Waals surface area (Å²) in [6.07, 6.45) is 6.05. The first-order valence-corrected chi connectivity index (χ1v) is 5.89. The van der Waals surface area contributed by atoms with E-state index in [4.69, 9.17) is 9.47 Å². The van der Waals surface area contributed by atoms with Crippen LogP contribution in [0, 0.1) is 0 Å². The van der Waals surface area contributed by atoms with Gasteiger partial charge in [-0.15, -0.1) is 0 Å². The lowest BCUT2D eigenvalue weighted by molar-refractivity contribution is -0.0315. The summed E-state index contributed by atoms with van der Waals surface area (Å²) in [5.41, 5.74) is 0. The fourth-order valence-corrected chi connectivity index (χ4v) is 1.70. The van der Waals surface area contributed by atoms with Crippen molar-refractivity contribution >= 4 is 0 Å². The van der Waals surface area contributed by atoms with Crippen LogP contribution in [0.15, 0.2) is 12.2 Å². The second-order valence-electron chi connectivity index (χ2n) is 4.30. The number of hydrogen-bond donors (Lipinski definition) is 2. The maximum atomic E-state index is 9.68. The fourth-order valence-electron chi connectivity index (χ4n) is 1.70. The molecule has 0 saturated heterocycles. The third-order valence-electron chi connectivity index (χ3n) is 2.62. The molecule has 16 heavy (non-hydrogen) atoms. The molecular formula is C12H23NO3. The number of ether oxygens (including phenoxy) is 2. The van der Waals surface area contributed by atoms with Gasteiger partial charge in [-0.25, -0.2) is 0 Å². The van der Waals surface area contributed by atoms with Gasteiger partial charge in [0.15, 0.2) is 0 Å². The Labute approximate surface area is 97.6 Å². The van der Waals surface area contributed by atoms with Gasteiger partial charge in [0, 0.05) is 19.7 Å². The molecule has 0 aromatic heterocycles. The predicted molar refractivity (Wildman–Crippen MR) is 63.5 cm³/mol. The van der Waals surface area contributed by atoms with Crippen LogP contribution in [-0.2, 0) is 9.47 Å². The second kappa shape index (κ2) is 7.79. The van der Waals surface area contributed by atoms with Crippen molar-refractivity contribution in [3.63, 3.8) is 0 Å². The third-order valence-corrected chi connectivity index (χ3v) is 2.62. The lowest BCUT2D eigenvalue weighted by atomic mass is 10.2. The summed E-state index contributed by atoms with van der Waals surface area (Å²) in [6.45, 7) is 3.45. The van der Waals surface area contributed by atoms with Crippen LogP contribution in [0.2, 0.25) is 0 Å². The molecule has 0 amide bonds. The number of hydrogen-bond acceptors (Lipinski definition) is 4. The van der Waals surface area contributed by atoms with E-state index in [-0.39, 0.29) is 6.10 Å². The molecule has 0 heterocycles. The van der Waals surface area contributed by atoms with Crippen molar-refractivity contribution in [1.82, 2.24) is 5.32 Å². The lowest BCUT2D eigenvalue weighted by Crippen LogP contribution is -2.37. The predicted octanol–water partition coefficient (Wildman–Crippen LogP) is 0.707. The molecule has 1 aliphatic carbocycles. The Bertz CT molecular complexity index is 200. The quantitative estimate of drug-likeness (QED) is 0.602. The van der Waals surface area contributed by atoms with Crippen molar-refractivity contribution in [1.29, 1.82) is 0 Å². The molecule has 2 atom stereocenters. The summed E-state index contributed by atoms with van der Waals surface area (Å²) in [5, 5.41) is 13.0. The molecule has 94 valence electrons. The summed E-state index contributed by atoms with van der Waals surface area (Å²) in [7, 11) is 1.64. The number of nitrogens with one attached hydrogen (secondary N) is 1. The minimum Gasteiger partial charge on any atom is -0.389 e. The standard InChI is InChI=1S/C12H23NO3/c1-10(8-15-2)16-9-12(14)7-13-11-5-3-4-6-11/h3-4,10-14H,5-9H2,1-2H3. The van der Waals surface area contributed by atoms with E-state index in [1.807, 2.05) is 6.92 Å². The average molecular weight is 229 g/mol. The number of aliphatic hydroxyl groups excluding tert-OH is 1. The third kappa shape index (κ3) is 5.61. The molecular weight excluding hydrogens is 206 g/mol. The summed E-state index contributed by atoms with van der Waals surface area (Å²) >= 11 is 0. The molecule has 4 heteroatoms. The first-order valence-electron chi connectivity index (χ1n) is 5.89. The van der Waals surface area contributed by atoms with Gasteiger partial charge in [-0.3, -0.25) is 0 Å². The normalized spacial score (nSPS) is 20.2. The van der Waals surface area contributed by atoms with Gasteiger partial charge in [-0.2, -0.15) is 0 Å².